The zero-order valence-corrected chi connectivity index (χ0v) is 12.3. The van der Waals surface area contributed by atoms with E-state index in [0.29, 0.717) is 32.5 Å². The molecule has 2 N–H and O–H groups in total. The predicted octanol–water partition coefficient (Wildman–Crippen LogP) is 0.0813. The monoisotopic (exact) mass is 286 g/mol. The Balaban J connectivity index is 2.54. The van der Waals surface area contributed by atoms with Crippen molar-refractivity contribution in [2.75, 3.05) is 33.7 Å². The number of nitrogens with zero attached hydrogens (tertiary/aromatic N) is 3. The van der Waals surface area contributed by atoms with Gasteiger partial charge in [-0.25, -0.2) is 0 Å². The zero-order valence-electron chi connectivity index (χ0n) is 11.5. The van der Waals surface area contributed by atoms with Crippen LogP contribution in [-0.4, -0.2) is 55.7 Å². The molecule has 0 aliphatic rings. The van der Waals surface area contributed by atoms with Gasteiger partial charge in [-0.15, -0.1) is 0 Å². The summed E-state index contributed by atoms with van der Waals surface area (Å²) in [7, 11) is -0.246. The molecule has 19 heavy (non-hydrogen) atoms. The fraction of sp³-hybridized carbons (Fsp3) is 0.583. The fourth-order valence-corrected chi connectivity index (χ4v) is 2.76. The molecule has 108 valence electrons. The van der Waals surface area contributed by atoms with Crippen LogP contribution in [0.25, 0.3) is 0 Å². The molecule has 0 spiro atoms. The Hall–Kier alpha value is -1.02. The maximum absolute atomic E-state index is 12.1. The van der Waals surface area contributed by atoms with Gasteiger partial charge < -0.3 is 5.73 Å². The molecular weight excluding hydrogens is 264 g/mol. The minimum atomic E-state index is -3.40. The van der Waals surface area contributed by atoms with Crippen LogP contribution in [-0.2, 0) is 16.6 Å². The van der Waals surface area contributed by atoms with Crippen LogP contribution < -0.4 is 5.73 Å². The Bertz CT molecular complexity index is 464. The summed E-state index contributed by atoms with van der Waals surface area (Å²) in [6.07, 6.45) is 2.96. The molecule has 6 nitrogen and oxygen atoms in total. The molecule has 1 rings (SSSR count). The topological polar surface area (TPSA) is 79.5 Å². The van der Waals surface area contributed by atoms with Gasteiger partial charge >= 0.3 is 0 Å². The molecule has 0 saturated carbocycles. The van der Waals surface area contributed by atoms with Crippen LogP contribution in [0.2, 0.25) is 0 Å². The Morgan fingerprint density at radius 1 is 1.21 bits per heavy atom. The van der Waals surface area contributed by atoms with E-state index in [1.165, 1.54) is 8.61 Å². The van der Waals surface area contributed by atoms with Gasteiger partial charge in [0.05, 0.1) is 0 Å². The van der Waals surface area contributed by atoms with E-state index in [4.69, 9.17) is 5.73 Å². The SMILES string of the molecule is CN(CCCN)S(=O)(=O)N(C)CCc1ccccn1. The average molecular weight is 286 g/mol. The van der Waals surface area contributed by atoms with Crippen LogP contribution in [0.1, 0.15) is 12.1 Å². The smallest absolute Gasteiger partial charge is 0.281 e. The lowest BCUT2D eigenvalue weighted by molar-refractivity contribution is 0.391. The van der Waals surface area contributed by atoms with Crippen LogP contribution >= 0.6 is 0 Å². The quantitative estimate of drug-likeness (QED) is 0.734. The fourth-order valence-electron chi connectivity index (χ4n) is 1.60. The molecule has 0 bridgehead atoms. The summed E-state index contributed by atoms with van der Waals surface area (Å²) in [4.78, 5) is 4.18. The van der Waals surface area contributed by atoms with Crippen molar-refractivity contribution >= 4 is 10.2 Å². The first-order valence-electron chi connectivity index (χ1n) is 6.26. The van der Waals surface area contributed by atoms with Gasteiger partial charge in [-0.3, -0.25) is 4.98 Å². The second-order valence-corrected chi connectivity index (χ2v) is 6.51. The average Bonchev–Trinajstić information content (AvgIpc) is 2.42. The summed E-state index contributed by atoms with van der Waals surface area (Å²) in [5.74, 6) is 0. The van der Waals surface area contributed by atoms with Crippen molar-refractivity contribution in [1.29, 1.82) is 0 Å². The Labute approximate surface area is 115 Å². The first-order chi connectivity index (χ1) is 8.98. The van der Waals surface area contributed by atoms with E-state index in [-0.39, 0.29) is 0 Å². The lowest BCUT2D eigenvalue weighted by Crippen LogP contribution is -2.41. The third-order valence-corrected chi connectivity index (χ3v) is 4.81. The lowest BCUT2D eigenvalue weighted by atomic mass is 10.3. The van der Waals surface area contributed by atoms with Crippen molar-refractivity contribution < 1.29 is 8.42 Å². The summed E-state index contributed by atoms with van der Waals surface area (Å²) in [6, 6.07) is 5.62. The summed E-state index contributed by atoms with van der Waals surface area (Å²) in [5.41, 5.74) is 6.27. The molecule has 0 radical (unpaired) electrons. The summed E-state index contributed by atoms with van der Waals surface area (Å²) in [6.45, 7) is 1.33. The normalized spacial score (nSPS) is 12.3. The van der Waals surface area contributed by atoms with E-state index < -0.39 is 10.2 Å². The molecule has 0 amide bonds. The molecule has 0 fully saturated rings. The molecule has 1 aromatic rings. The number of hydrogen-bond donors (Lipinski definition) is 1. The van der Waals surface area contributed by atoms with Gasteiger partial charge in [0.15, 0.2) is 0 Å². The molecule has 0 aromatic carbocycles. The summed E-state index contributed by atoms with van der Waals surface area (Å²) >= 11 is 0. The first kappa shape index (κ1) is 16.0. The van der Waals surface area contributed by atoms with Gasteiger partial charge in [0.2, 0.25) is 0 Å². The standard InChI is InChI=1S/C12H22N4O2S/c1-15(10-5-8-13)19(17,18)16(2)11-7-12-6-3-4-9-14-12/h3-4,6,9H,5,7-8,10-11,13H2,1-2H3. The van der Waals surface area contributed by atoms with E-state index in [0.717, 1.165) is 5.69 Å². The lowest BCUT2D eigenvalue weighted by Gasteiger charge is -2.24. The van der Waals surface area contributed by atoms with Gasteiger partial charge in [-0.1, -0.05) is 6.07 Å². The molecule has 1 aromatic heterocycles. The minimum Gasteiger partial charge on any atom is -0.330 e. The molecular formula is C12H22N4O2S. The van der Waals surface area contributed by atoms with E-state index in [9.17, 15) is 8.42 Å². The van der Waals surface area contributed by atoms with Gasteiger partial charge in [0.25, 0.3) is 10.2 Å². The Morgan fingerprint density at radius 3 is 2.47 bits per heavy atom. The van der Waals surface area contributed by atoms with Crippen LogP contribution in [0, 0.1) is 0 Å². The van der Waals surface area contributed by atoms with Crippen molar-refractivity contribution in [3.05, 3.63) is 30.1 Å². The van der Waals surface area contributed by atoms with Crippen molar-refractivity contribution in [3.8, 4) is 0 Å². The molecule has 1 heterocycles. The Morgan fingerprint density at radius 2 is 1.89 bits per heavy atom. The van der Waals surface area contributed by atoms with E-state index >= 15 is 0 Å². The molecule has 7 heteroatoms. The molecule has 0 aliphatic heterocycles. The first-order valence-corrected chi connectivity index (χ1v) is 7.65. The molecule has 0 saturated heterocycles. The second-order valence-electron chi connectivity index (χ2n) is 4.36. The minimum absolute atomic E-state index is 0.409. The summed E-state index contributed by atoms with van der Waals surface area (Å²) < 4.78 is 27.0. The van der Waals surface area contributed by atoms with Crippen molar-refractivity contribution in [2.24, 2.45) is 5.73 Å². The van der Waals surface area contributed by atoms with Crippen LogP contribution in [0.15, 0.2) is 24.4 Å². The third kappa shape index (κ3) is 4.87. The van der Waals surface area contributed by atoms with Crippen molar-refractivity contribution in [1.82, 2.24) is 13.6 Å². The molecule has 0 unspecified atom stereocenters. The third-order valence-electron chi connectivity index (χ3n) is 2.87. The van der Waals surface area contributed by atoms with Gasteiger partial charge in [0, 0.05) is 45.5 Å². The second kappa shape index (κ2) is 7.54. The highest BCUT2D eigenvalue weighted by atomic mass is 32.2. The van der Waals surface area contributed by atoms with Crippen LogP contribution in [0.5, 0.6) is 0 Å². The van der Waals surface area contributed by atoms with Crippen LogP contribution in [0.3, 0.4) is 0 Å². The maximum atomic E-state index is 12.1. The largest absolute Gasteiger partial charge is 0.330 e. The number of likely N-dealkylation sites (N-methyl/N-ethyl adjacent to an activating group) is 1. The van der Waals surface area contributed by atoms with E-state index in [1.54, 1.807) is 20.3 Å². The van der Waals surface area contributed by atoms with Gasteiger partial charge in [0.1, 0.15) is 0 Å². The van der Waals surface area contributed by atoms with Crippen molar-refractivity contribution in [2.45, 2.75) is 12.8 Å². The van der Waals surface area contributed by atoms with E-state index in [1.807, 2.05) is 18.2 Å². The highest BCUT2D eigenvalue weighted by molar-refractivity contribution is 7.86. The highest BCUT2D eigenvalue weighted by Crippen LogP contribution is 2.06. The highest BCUT2D eigenvalue weighted by Gasteiger charge is 2.22. The van der Waals surface area contributed by atoms with Gasteiger partial charge in [-0.05, 0) is 25.1 Å². The number of hydrogen-bond acceptors (Lipinski definition) is 4. The maximum Gasteiger partial charge on any atom is 0.281 e. The number of nitrogens with two attached hydrogens (primary N) is 1. The van der Waals surface area contributed by atoms with Gasteiger partial charge in [-0.2, -0.15) is 17.0 Å². The molecule has 0 aliphatic carbocycles. The number of aromatic nitrogens is 1. The van der Waals surface area contributed by atoms with Crippen LogP contribution in [0.4, 0.5) is 0 Å². The molecule has 0 atom stereocenters. The number of pyridine rings is 1. The predicted molar refractivity (Wildman–Crippen MR) is 75.8 cm³/mol. The van der Waals surface area contributed by atoms with E-state index in [2.05, 4.69) is 4.98 Å². The summed E-state index contributed by atoms with van der Waals surface area (Å²) in [5, 5.41) is 0. The zero-order chi connectivity index (χ0) is 14.3. The Kier molecular flexibility index (Phi) is 6.36. The number of rotatable bonds is 8. The van der Waals surface area contributed by atoms with Crippen molar-refractivity contribution in [3.63, 3.8) is 0 Å².